The van der Waals surface area contributed by atoms with Gasteiger partial charge in [-0.2, -0.15) is 0 Å². The van der Waals surface area contributed by atoms with Crippen molar-refractivity contribution in [1.29, 1.82) is 0 Å². The lowest BCUT2D eigenvalue weighted by atomic mass is 10.1. The molecule has 0 saturated heterocycles. The molecule has 1 aromatic carbocycles. The van der Waals surface area contributed by atoms with Crippen LogP contribution in [-0.4, -0.2) is 9.97 Å². The predicted octanol–water partition coefficient (Wildman–Crippen LogP) is 5.09. The van der Waals surface area contributed by atoms with E-state index in [1.54, 1.807) is 0 Å². The maximum absolute atomic E-state index is 6.15. The molecule has 2 rings (SSSR count). The topological polar surface area (TPSA) is 25.8 Å². The largest absolute Gasteiger partial charge is 0.236 e. The number of hydrogen-bond acceptors (Lipinski definition) is 2. The highest BCUT2D eigenvalue weighted by atomic mass is 79.9. The average Bonchev–Trinajstić information content (AvgIpc) is 2.38. The van der Waals surface area contributed by atoms with Gasteiger partial charge in [0.1, 0.15) is 11.0 Å². The lowest BCUT2D eigenvalue weighted by Crippen LogP contribution is -2.03. The van der Waals surface area contributed by atoms with E-state index in [9.17, 15) is 0 Å². The molecule has 0 atom stereocenters. The van der Waals surface area contributed by atoms with Gasteiger partial charge in [-0.05, 0) is 34.0 Å². The molecule has 0 aliphatic heterocycles. The van der Waals surface area contributed by atoms with Gasteiger partial charge in [-0.15, -0.1) is 0 Å². The molecular weight excluding hydrogens is 347 g/mol. The Morgan fingerprint density at radius 3 is 2.58 bits per heavy atom. The van der Waals surface area contributed by atoms with E-state index in [-0.39, 0.29) is 0 Å². The molecule has 0 unspecified atom stereocenters. The molecule has 100 valence electrons. The monoisotopic (exact) mass is 358 g/mol. The lowest BCUT2D eigenvalue weighted by Gasteiger charge is -2.08. The molecule has 0 bridgehead atoms. The Kier molecular flexibility index (Phi) is 5.20. The van der Waals surface area contributed by atoms with Crippen LogP contribution in [0.15, 0.2) is 28.7 Å². The van der Waals surface area contributed by atoms with Crippen LogP contribution in [0.5, 0.6) is 0 Å². The smallest absolute Gasteiger partial charge is 0.147 e. The van der Waals surface area contributed by atoms with Crippen molar-refractivity contribution in [2.75, 3.05) is 0 Å². The minimum Gasteiger partial charge on any atom is -0.236 e. The molecule has 1 heterocycles. The number of rotatable bonds is 4. The van der Waals surface area contributed by atoms with Crippen LogP contribution in [0.25, 0.3) is 0 Å². The molecule has 5 heteroatoms. The first-order valence-electron chi connectivity index (χ1n) is 6.06. The van der Waals surface area contributed by atoms with Crippen LogP contribution in [-0.2, 0) is 12.8 Å². The van der Waals surface area contributed by atoms with Gasteiger partial charge in [0, 0.05) is 11.4 Å². The summed E-state index contributed by atoms with van der Waals surface area (Å²) in [7, 11) is 0. The van der Waals surface area contributed by atoms with Crippen molar-refractivity contribution in [3.8, 4) is 0 Å². The highest BCUT2D eigenvalue weighted by Gasteiger charge is 2.11. The molecule has 1 aromatic heterocycles. The van der Waals surface area contributed by atoms with Crippen molar-refractivity contribution < 1.29 is 0 Å². The molecule has 0 fully saturated rings. The van der Waals surface area contributed by atoms with Gasteiger partial charge < -0.3 is 0 Å². The molecule has 2 nitrogen and oxygen atoms in total. The average molecular weight is 360 g/mol. The molecule has 0 spiro atoms. The van der Waals surface area contributed by atoms with Gasteiger partial charge in [-0.3, -0.25) is 0 Å². The summed E-state index contributed by atoms with van der Waals surface area (Å²) in [6.07, 6.45) is 2.47. The zero-order valence-electron chi connectivity index (χ0n) is 10.5. The molecule has 2 aromatic rings. The van der Waals surface area contributed by atoms with E-state index in [2.05, 4.69) is 32.8 Å². The van der Waals surface area contributed by atoms with Crippen molar-refractivity contribution in [2.24, 2.45) is 0 Å². The summed E-state index contributed by atoms with van der Waals surface area (Å²) < 4.78 is 0.791. The molecule has 0 aliphatic rings. The maximum atomic E-state index is 6.15. The third kappa shape index (κ3) is 3.68. The first-order valence-corrected chi connectivity index (χ1v) is 7.61. The van der Waals surface area contributed by atoms with Crippen molar-refractivity contribution in [3.63, 3.8) is 0 Å². The molecule has 0 aliphatic carbocycles. The van der Waals surface area contributed by atoms with E-state index in [0.717, 1.165) is 33.6 Å². The van der Waals surface area contributed by atoms with E-state index in [0.29, 0.717) is 17.4 Å². The van der Waals surface area contributed by atoms with Crippen LogP contribution >= 0.6 is 39.1 Å². The Bertz CT molecular complexity index is 588. The summed E-state index contributed by atoms with van der Waals surface area (Å²) in [6, 6.07) is 7.70. The van der Waals surface area contributed by atoms with Crippen LogP contribution in [0.3, 0.4) is 0 Å². The van der Waals surface area contributed by atoms with Gasteiger partial charge in [0.2, 0.25) is 0 Å². The SMILES string of the molecule is CCCc1nc(Cc2ccccc2Cl)nc(Cl)c1Br. The fourth-order valence-corrected chi connectivity index (χ4v) is 2.59. The number of aryl methyl sites for hydroxylation is 1. The van der Waals surface area contributed by atoms with Crippen LogP contribution in [0.2, 0.25) is 10.2 Å². The van der Waals surface area contributed by atoms with E-state index < -0.39 is 0 Å². The zero-order valence-corrected chi connectivity index (χ0v) is 13.6. The molecule has 0 saturated carbocycles. The highest BCUT2D eigenvalue weighted by Crippen LogP contribution is 2.26. The maximum Gasteiger partial charge on any atom is 0.147 e. The number of hydrogen-bond donors (Lipinski definition) is 0. The standard InChI is InChI=1S/C14H13BrCl2N2/c1-2-5-11-13(15)14(17)19-12(18-11)8-9-6-3-4-7-10(9)16/h3-4,6-7H,2,5,8H2,1H3. The summed E-state index contributed by atoms with van der Waals surface area (Å²) >= 11 is 15.7. The van der Waals surface area contributed by atoms with E-state index in [1.165, 1.54) is 0 Å². The fourth-order valence-electron chi connectivity index (χ4n) is 1.80. The van der Waals surface area contributed by atoms with Crippen LogP contribution in [0.1, 0.15) is 30.4 Å². The lowest BCUT2D eigenvalue weighted by molar-refractivity contribution is 0.834. The molecule has 0 N–H and O–H groups in total. The minimum absolute atomic E-state index is 0.459. The van der Waals surface area contributed by atoms with Crippen molar-refractivity contribution >= 4 is 39.1 Å². The minimum atomic E-state index is 0.459. The summed E-state index contributed by atoms with van der Waals surface area (Å²) in [5.74, 6) is 0.699. The second-order valence-electron chi connectivity index (χ2n) is 4.21. The third-order valence-corrected chi connectivity index (χ3v) is 4.42. The highest BCUT2D eigenvalue weighted by molar-refractivity contribution is 9.10. The number of benzene rings is 1. The number of nitrogens with zero attached hydrogens (tertiary/aromatic N) is 2. The van der Waals surface area contributed by atoms with Crippen LogP contribution in [0.4, 0.5) is 0 Å². The first kappa shape index (κ1) is 14.8. The zero-order chi connectivity index (χ0) is 13.8. The molecule has 19 heavy (non-hydrogen) atoms. The second-order valence-corrected chi connectivity index (χ2v) is 5.77. The Morgan fingerprint density at radius 2 is 1.89 bits per heavy atom. The Morgan fingerprint density at radius 1 is 1.16 bits per heavy atom. The van der Waals surface area contributed by atoms with Gasteiger partial charge in [0.25, 0.3) is 0 Å². The Labute approximate surface area is 131 Å². The van der Waals surface area contributed by atoms with E-state index >= 15 is 0 Å². The summed E-state index contributed by atoms with van der Waals surface area (Å²) in [6.45, 7) is 2.11. The van der Waals surface area contributed by atoms with Crippen LogP contribution < -0.4 is 0 Å². The number of aromatic nitrogens is 2. The second kappa shape index (κ2) is 6.69. The molecule has 0 amide bonds. The third-order valence-electron chi connectivity index (χ3n) is 2.72. The Hall–Kier alpha value is -0.640. The van der Waals surface area contributed by atoms with Gasteiger partial charge in [-0.1, -0.05) is 54.7 Å². The Balaban J connectivity index is 2.33. The normalized spacial score (nSPS) is 10.7. The molecule has 0 radical (unpaired) electrons. The van der Waals surface area contributed by atoms with Crippen molar-refractivity contribution in [3.05, 3.63) is 56.0 Å². The van der Waals surface area contributed by atoms with Gasteiger partial charge >= 0.3 is 0 Å². The van der Waals surface area contributed by atoms with Gasteiger partial charge in [0.15, 0.2) is 0 Å². The first-order chi connectivity index (χ1) is 9.11. The summed E-state index contributed by atoms with van der Waals surface area (Å²) in [5, 5.41) is 1.18. The quantitative estimate of drug-likeness (QED) is 0.710. The van der Waals surface area contributed by atoms with E-state index in [4.69, 9.17) is 23.2 Å². The summed E-state index contributed by atoms with van der Waals surface area (Å²) in [4.78, 5) is 8.86. The van der Waals surface area contributed by atoms with Crippen LogP contribution in [0, 0.1) is 0 Å². The van der Waals surface area contributed by atoms with E-state index in [1.807, 2.05) is 24.3 Å². The van der Waals surface area contributed by atoms with Gasteiger partial charge in [0.05, 0.1) is 10.2 Å². The van der Waals surface area contributed by atoms with Crippen molar-refractivity contribution in [2.45, 2.75) is 26.2 Å². The summed E-state index contributed by atoms with van der Waals surface area (Å²) in [5.41, 5.74) is 1.95. The number of halogens is 3. The predicted molar refractivity (Wildman–Crippen MR) is 83.0 cm³/mol. The fraction of sp³-hybridized carbons (Fsp3) is 0.286. The molecular formula is C14H13BrCl2N2. The van der Waals surface area contributed by atoms with Gasteiger partial charge in [-0.25, -0.2) is 9.97 Å². The van der Waals surface area contributed by atoms with Crippen molar-refractivity contribution in [1.82, 2.24) is 9.97 Å².